The Morgan fingerprint density at radius 3 is 2.37 bits per heavy atom. The number of benzene rings is 3. The maximum absolute atomic E-state index is 12.2. The van der Waals surface area contributed by atoms with Gasteiger partial charge in [-0.25, -0.2) is 0 Å². The van der Waals surface area contributed by atoms with Crippen molar-refractivity contribution in [1.82, 2.24) is 0 Å². The highest BCUT2D eigenvalue weighted by Gasteiger charge is 2.09. The Balaban J connectivity index is 1.77. The molecule has 1 amide bonds. The van der Waals surface area contributed by atoms with E-state index in [-0.39, 0.29) is 12.5 Å². The van der Waals surface area contributed by atoms with Crippen molar-refractivity contribution in [3.63, 3.8) is 0 Å². The Morgan fingerprint density at radius 1 is 1.03 bits per heavy atom. The molecule has 0 aliphatic heterocycles. The van der Waals surface area contributed by atoms with Gasteiger partial charge in [-0.15, -0.1) is 0 Å². The van der Waals surface area contributed by atoms with Gasteiger partial charge in [-0.05, 0) is 61.0 Å². The molecule has 0 spiro atoms. The van der Waals surface area contributed by atoms with Crippen molar-refractivity contribution in [2.75, 3.05) is 11.9 Å². The van der Waals surface area contributed by atoms with Crippen molar-refractivity contribution in [1.29, 1.82) is 5.26 Å². The lowest BCUT2D eigenvalue weighted by Crippen LogP contribution is -2.20. The lowest BCUT2D eigenvalue weighted by atomic mass is 10.0. The maximum atomic E-state index is 12.2. The van der Waals surface area contributed by atoms with Crippen LogP contribution >= 0.6 is 23.2 Å². The molecule has 30 heavy (non-hydrogen) atoms. The molecule has 4 nitrogen and oxygen atoms in total. The minimum absolute atomic E-state index is 0.197. The van der Waals surface area contributed by atoms with Gasteiger partial charge in [-0.3, -0.25) is 4.79 Å². The van der Waals surface area contributed by atoms with E-state index in [1.807, 2.05) is 31.2 Å². The van der Waals surface area contributed by atoms with Gasteiger partial charge in [0.15, 0.2) is 6.61 Å². The van der Waals surface area contributed by atoms with Gasteiger partial charge in [0.2, 0.25) is 0 Å². The third kappa shape index (κ3) is 5.87. The predicted octanol–water partition coefficient (Wildman–Crippen LogP) is 6.38. The SMILES string of the molecule is Cc1ccc(/C(C#N)=C/c2cc(Cl)ccc2OCC(=O)Nc2ccc(Cl)cc2)cc1. The highest BCUT2D eigenvalue weighted by molar-refractivity contribution is 6.31. The molecule has 0 aliphatic carbocycles. The highest BCUT2D eigenvalue weighted by Crippen LogP contribution is 2.28. The molecule has 3 aromatic carbocycles. The standard InChI is InChI=1S/C24H18Cl2N2O2/c1-16-2-4-17(5-3-16)19(14-27)12-18-13-21(26)8-11-23(18)30-15-24(29)28-22-9-6-20(25)7-10-22/h2-13H,15H2,1H3,(H,28,29)/b19-12+. The number of nitriles is 1. The highest BCUT2D eigenvalue weighted by atomic mass is 35.5. The summed E-state index contributed by atoms with van der Waals surface area (Å²) in [6.07, 6.45) is 1.70. The minimum atomic E-state index is -0.318. The van der Waals surface area contributed by atoms with Crippen LogP contribution in [0.4, 0.5) is 5.69 Å². The lowest BCUT2D eigenvalue weighted by Gasteiger charge is -2.11. The summed E-state index contributed by atoms with van der Waals surface area (Å²) in [4.78, 5) is 12.2. The molecule has 0 aromatic heterocycles. The second-order valence-corrected chi connectivity index (χ2v) is 7.43. The number of hydrogen-bond donors (Lipinski definition) is 1. The van der Waals surface area contributed by atoms with Crippen LogP contribution in [0.25, 0.3) is 11.6 Å². The number of aryl methyl sites for hydroxylation is 1. The van der Waals surface area contributed by atoms with Crippen LogP contribution in [0.3, 0.4) is 0 Å². The van der Waals surface area contributed by atoms with E-state index in [4.69, 9.17) is 27.9 Å². The number of hydrogen-bond acceptors (Lipinski definition) is 3. The third-order valence-corrected chi connectivity index (χ3v) is 4.73. The third-order valence-electron chi connectivity index (χ3n) is 4.24. The molecule has 1 N–H and O–H groups in total. The number of halogens is 2. The van der Waals surface area contributed by atoms with Crippen molar-refractivity contribution in [2.24, 2.45) is 0 Å². The Morgan fingerprint density at radius 2 is 1.70 bits per heavy atom. The van der Waals surface area contributed by atoms with Crippen molar-refractivity contribution in [2.45, 2.75) is 6.92 Å². The predicted molar refractivity (Wildman–Crippen MR) is 122 cm³/mol. The Kier molecular flexibility index (Phi) is 7.13. The fourth-order valence-corrected chi connectivity index (χ4v) is 3.01. The van der Waals surface area contributed by atoms with Gasteiger partial charge in [-0.2, -0.15) is 5.26 Å². The molecule has 0 radical (unpaired) electrons. The summed E-state index contributed by atoms with van der Waals surface area (Å²) in [7, 11) is 0. The van der Waals surface area contributed by atoms with Crippen molar-refractivity contribution >= 4 is 46.4 Å². The second kappa shape index (κ2) is 9.98. The average Bonchev–Trinajstić information content (AvgIpc) is 2.74. The largest absolute Gasteiger partial charge is 0.483 e. The van der Waals surface area contributed by atoms with Crippen LogP contribution in [0.2, 0.25) is 10.0 Å². The van der Waals surface area contributed by atoms with Gasteiger partial charge in [0.1, 0.15) is 5.75 Å². The number of allylic oxidation sites excluding steroid dienone is 1. The normalized spacial score (nSPS) is 10.9. The van der Waals surface area contributed by atoms with Crippen molar-refractivity contribution in [3.8, 4) is 11.8 Å². The molecule has 0 aliphatic rings. The van der Waals surface area contributed by atoms with Gasteiger partial charge in [-0.1, -0.05) is 53.0 Å². The van der Waals surface area contributed by atoms with E-state index in [1.54, 1.807) is 48.5 Å². The number of nitrogens with one attached hydrogen (secondary N) is 1. The molecular weight excluding hydrogens is 419 g/mol. The summed E-state index contributed by atoms with van der Waals surface area (Å²) < 4.78 is 5.70. The van der Waals surface area contributed by atoms with E-state index in [2.05, 4.69) is 11.4 Å². The molecular formula is C24H18Cl2N2O2. The molecule has 0 fully saturated rings. The van der Waals surface area contributed by atoms with Crippen LogP contribution in [0.5, 0.6) is 5.75 Å². The zero-order chi connectivity index (χ0) is 21.5. The molecule has 0 heterocycles. The lowest BCUT2D eigenvalue weighted by molar-refractivity contribution is -0.118. The molecule has 3 rings (SSSR count). The van der Waals surface area contributed by atoms with Gasteiger partial charge in [0.05, 0.1) is 11.6 Å². The molecule has 6 heteroatoms. The first kappa shape index (κ1) is 21.4. The molecule has 0 unspecified atom stereocenters. The van der Waals surface area contributed by atoms with E-state index in [0.29, 0.717) is 32.6 Å². The van der Waals surface area contributed by atoms with E-state index >= 15 is 0 Å². The van der Waals surface area contributed by atoms with E-state index in [1.165, 1.54) is 0 Å². The summed E-state index contributed by atoms with van der Waals surface area (Å²) >= 11 is 12.0. The number of nitrogens with zero attached hydrogens (tertiary/aromatic N) is 1. The number of ether oxygens (including phenoxy) is 1. The number of rotatable bonds is 6. The second-order valence-electron chi connectivity index (χ2n) is 6.56. The summed E-state index contributed by atoms with van der Waals surface area (Å²) in [6.45, 7) is 1.79. The van der Waals surface area contributed by atoms with Crippen LogP contribution in [-0.2, 0) is 4.79 Å². The van der Waals surface area contributed by atoms with Gasteiger partial charge >= 0.3 is 0 Å². The van der Waals surface area contributed by atoms with Gasteiger partial charge in [0.25, 0.3) is 5.91 Å². The average molecular weight is 437 g/mol. The number of carbonyl (C=O) groups excluding carboxylic acids is 1. The summed E-state index contributed by atoms with van der Waals surface area (Å²) in [5.41, 5.74) is 3.59. The molecule has 0 bridgehead atoms. The number of anilines is 1. The fraction of sp³-hybridized carbons (Fsp3) is 0.0833. The molecule has 150 valence electrons. The zero-order valence-corrected chi connectivity index (χ0v) is 17.7. The van der Waals surface area contributed by atoms with E-state index < -0.39 is 0 Å². The monoisotopic (exact) mass is 436 g/mol. The van der Waals surface area contributed by atoms with Gasteiger partial charge < -0.3 is 10.1 Å². The van der Waals surface area contributed by atoms with Crippen LogP contribution in [0.1, 0.15) is 16.7 Å². The van der Waals surface area contributed by atoms with Crippen LogP contribution < -0.4 is 10.1 Å². The molecule has 0 saturated carbocycles. The quantitative estimate of drug-likeness (QED) is 0.359. The topological polar surface area (TPSA) is 62.1 Å². The first-order valence-electron chi connectivity index (χ1n) is 9.11. The van der Waals surface area contributed by atoms with Crippen LogP contribution in [0.15, 0.2) is 66.7 Å². The van der Waals surface area contributed by atoms with Gasteiger partial charge in [0, 0.05) is 21.3 Å². The number of amides is 1. The number of carbonyl (C=O) groups is 1. The summed E-state index contributed by atoms with van der Waals surface area (Å²) in [5.74, 6) is 0.131. The van der Waals surface area contributed by atoms with Crippen LogP contribution in [0, 0.1) is 18.3 Å². The van der Waals surface area contributed by atoms with Crippen molar-refractivity contribution < 1.29 is 9.53 Å². The maximum Gasteiger partial charge on any atom is 0.262 e. The van der Waals surface area contributed by atoms with Crippen LogP contribution in [-0.4, -0.2) is 12.5 Å². The first-order chi connectivity index (χ1) is 14.4. The fourth-order valence-electron chi connectivity index (χ4n) is 2.71. The van der Waals surface area contributed by atoms with E-state index in [9.17, 15) is 10.1 Å². The Labute approximate surface area is 185 Å². The smallest absolute Gasteiger partial charge is 0.262 e. The molecule has 0 atom stereocenters. The summed E-state index contributed by atoms with van der Waals surface area (Å²) in [6, 6.07) is 21.7. The first-order valence-corrected chi connectivity index (χ1v) is 9.87. The summed E-state index contributed by atoms with van der Waals surface area (Å²) in [5, 5.41) is 13.4. The Hall–Kier alpha value is -3.26. The molecule has 0 saturated heterocycles. The van der Waals surface area contributed by atoms with Crippen molar-refractivity contribution in [3.05, 3.63) is 93.5 Å². The minimum Gasteiger partial charge on any atom is -0.483 e. The van der Waals surface area contributed by atoms with E-state index in [0.717, 1.165) is 11.1 Å². The zero-order valence-electron chi connectivity index (χ0n) is 16.2. The molecule has 3 aromatic rings. The Bertz CT molecular complexity index is 1120.